The number of piperidine rings is 1. The van der Waals surface area contributed by atoms with E-state index in [-0.39, 0.29) is 36.4 Å². The van der Waals surface area contributed by atoms with E-state index >= 15 is 0 Å². The quantitative estimate of drug-likeness (QED) is 0.516. The van der Waals surface area contributed by atoms with Gasteiger partial charge in [0.05, 0.1) is 11.8 Å². The van der Waals surface area contributed by atoms with Crippen LogP contribution < -0.4 is 5.56 Å². The molecule has 0 aromatic carbocycles. The van der Waals surface area contributed by atoms with E-state index in [9.17, 15) is 14.4 Å². The third-order valence-corrected chi connectivity index (χ3v) is 5.64. The molecule has 2 saturated heterocycles. The molecule has 0 radical (unpaired) electrons. The van der Waals surface area contributed by atoms with E-state index < -0.39 is 5.41 Å². The van der Waals surface area contributed by atoms with E-state index in [1.165, 1.54) is 0 Å². The van der Waals surface area contributed by atoms with Crippen LogP contribution >= 0.6 is 0 Å². The van der Waals surface area contributed by atoms with Crippen molar-refractivity contribution in [3.8, 4) is 0 Å². The summed E-state index contributed by atoms with van der Waals surface area (Å²) in [5.41, 5.74) is 0.282. The van der Waals surface area contributed by atoms with Gasteiger partial charge in [0.15, 0.2) is 0 Å². The van der Waals surface area contributed by atoms with Crippen LogP contribution in [0.3, 0.4) is 0 Å². The van der Waals surface area contributed by atoms with Crippen LogP contribution in [0.25, 0.3) is 0 Å². The molecule has 2 N–H and O–H groups in total. The van der Waals surface area contributed by atoms with Gasteiger partial charge in [-0.25, -0.2) is 4.98 Å². The third kappa shape index (κ3) is 5.44. The van der Waals surface area contributed by atoms with Crippen molar-refractivity contribution in [1.29, 1.82) is 0 Å². The van der Waals surface area contributed by atoms with Crippen molar-refractivity contribution < 1.29 is 24.2 Å². The lowest BCUT2D eigenvalue weighted by atomic mass is 9.76. The number of carboxylic acid groups (broad SMARTS) is 1. The number of amides is 1. The summed E-state index contributed by atoms with van der Waals surface area (Å²) in [6.45, 7) is 4.96. The molecule has 166 valence electrons. The maximum absolute atomic E-state index is 12.7. The van der Waals surface area contributed by atoms with Gasteiger partial charge >= 0.3 is 5.97 Å². The van der Waals surface area contributed by atoms with Gasteiger partial charge in [0.2, 0.25) is 5.91 Å². The molecule has 1 amide bonds. The third-order valence-electron chi connectivity index (χ3n) is 5.64. The van der Waals surface area contributed by atoms with Gasteiger partial charge in [0.1, 0.15) is 11.9 Å². The number of likely N-dealkylation sites (tertiary alicyclic amines) is 1. The number of carbonyl (C=O) groups is 3. The van der Waals surface area contributed by atoms with E-state index in [4.69, 9.17) is 14.6 Å². The standard InChI is InChI=1S/C19H28N4O4.CH2O2/c1-12-15(17(25)21-13(2)20-12)9-16(24)23-7-5-19(6-8-23)10-14(11-22(3)4)27-18(19)26;2-1-3/h14H,5-11H2,1-4H3,(H,20,21,25);1H,(H,2,3). The minimum atomic E-state index is -0.462. The minimum absolute atomic E-state index is 0.0369. The Hall–Kier alpha value is -2.75. The van der Waals surface area contributed by atoms with Crippen molar-refractivity contribution in [3.63, 3.8) is 0 Å². The molecular formula is C20H30N4O6. The average molecular weight is 422 g/mol. The fourth-order valence-corrected chi connectivity index (χ4v) is 4.16. The Morgan fingerprint density at radius 2 is 1.93 bits per heavy atom. The van der Waals surface area contributed by atoms with Gasteiger partial charge < -0.3 is 24.6 Å². The van der Waals surface area contributed by atoms with Gasteiger partial charge in [-0.3, -0.25) is 19.2 Å². The molecule has 1 atom stereocenters. The van der Waals surface area contributed by atoms with E-state index in [0.717, 1.165) is 6.54 Å². The summed E-state index contributed by atoms with van der Waals surface area (Å²) in [6, 6.07) is 0. The first-order chi connectivity index (χ1) is 14.1. The van der Waals surface area contributed by atoms with Crippen molar-refractivity contribution in [1.82, 2.24) is 19.8 Å². The topological polar surface area (TPSA) is 133 Å². The number of cyclic esters (lactones) is 1. The molecule has 10 nitrogen and oxygen atoms in total. The molecule has 1 spiro atoms. The second kappa shape index (κ2) is 9.84. The lowest BCUT2D eigenvalue weighted by molar-refractivity contribution is -0.152. The van der Waals surface area contributed by atoms with Crippen molar-refractivity contribution in [2.45, 2.75) is 45.6 Å². The molecule has 1 aromatic heterocycles. The number of esters is 1. The predicted molar refractivity (Wildman–Crippen MR) is 108 cm³/mol. The maximum Gasteiger partial charge on any atom is 0.312 e. The number of aromatic amines is 1. The molecule has 1 aromatic rings. The summed E-state index contributed by atoms with van der Waals surface area (Å²) in [5.74, 6) is 0.317. The first kappa shape index (κ1) is 23.5. The Balaban J connectivity index is 0.00000101. The van der Waals surface area contributed by atoms with E-state index in [1.54, 1.807) is 18.7 Å². The Bertz CT molecular complexity index is 842. The summed E-state index contributed by atoms with van der Waals surface area (Å²) in [5, 5.41) is 6.89. The number of aromatic nitrogens is 2. The van der Waals surface area contributed by atoms with Crippen LogP contribution in [-0.4, -0.2) is 83.1 Å². The van der Waals surface area contributed by atoms with Crippen LogP contribution in [0.5, 0.6) is 0 Å². The van der Waals surface area contributed by atoms with Crippen molar-refractivity contribution in [3.05, 3.63) is 27.4 Å². The van der Waals surface area contributed by atoms with Crippen LogP contribution in [0.1, 0.15) is 36.3 Å². The molecule has 2 aliphatic rings. The molecule has 2 aliphatic heterocycles. The number of H-pyrrole nitrogens is 1. The largest absolute Gasteiger partial charge is 0.483 e. The van der Waals surface area contributed by atoms with Gasteiger partial charge in [-0.1, -0.05) is 0 Å². The molecule has 0 aliphatic carbocycles. The Kier molecular flexibility index (Phi) is 7.71. The number of hydrogen-bond donors (Lipinski definition) is 2. The van der Waals surface area contributed by atoms with E-state index in [0.29, 0.717) is 49.4 Å². The number of carbonyl (C=O) groups excluding carboxylic acids is 2. The molecule has 3 heterocycles. The molecule has 0 saturated carbocycles. The van der Waals surface area contributed by atoms with Crippen molar-refractivity contribution in [2.75, 3.05) is 33.7 Å². The Labute approximate surface area is 175 Å². The number of aryl methyl sites for hydroxylation is 2. The Morgan fingerprint density at radius 1 is 1.33 bits per heavy atom. The number of likely N-dealkylation sites (N-methyl/N-ethyl adjacent to an activating group) is 1. The molecule has 2 fully saturated rings. The summed E-state index contributed by atoms with van der Waals surface area (Å²) < 4.78 is 5.56. The molecule has 1 unspecified atom stereocenters. The first-order valence-electron chi connectivity index (χ1n) is 9.89. The van der Waals surface area contributed by atoms with Gasteiger partial charge in [-0.15, -0.1) is 0 Å². The van der Waals surface area contributed by atoms with Crippen molar-refractivity contribution >= 4 is 18.3 Å². The van der Waals surface area contributed by atoms with E-state index in [2.05, 4.69) is 9.97 Å². The highest BCUT2D eigenvalue weighted by atomic mass is 16.6. The van der Waals surface area contributed by atoms with Crippen molar-refractivity contribution in [2.24, 2.45) is 5.41 Å². The molecule has 10 heteroatoms. The minimum Gasteiger partial charge on any atom is -0.483 e. The molecule has 0 bridgehead atoms. The SMILES string of the molecule is Cc1nc(C)c(CC(=O)N2CCC3(CC2)CC(CN(C)C)OC3=O)c(=O)[nH]1.O=CO. The highest BCUT2D eigenvalue weighted by Gasteiger charge is 2.50. The second-order valence-electron chi connectivity index (χ2n) is 8.15. The molecule has 3 rings (SSSR count). The number of nitrogens with zero attached hydrogens (tertiary/aromatic N) is 3. The Morgan fingerprint density at radius 3 is 2.47 bits per heavy atom. The zero-order valence-electron chi connectivity index (χ0n) is 17.9. The van der Waals surface area contributed by atoms with Crippen LogP contribution in [0.15, 0.2) is 4.79 Å². The highest BCUT2D eigenvalue weighted by Crippen LogP contribution is 2.43. The fourth-order valence-electron chi connectivity index (χ4n) is 4.16. The number of rotatable bonds is 4. The van der Waals surface area contributed by atoms with Crippen LogP contribution in [0.2, 0.25) is 0 Å². The first-order valence-corrected chi connectivity index (χ1v) is 9.89. The van der Waals surface area contributed by atoms with Gasteiger partial charge in [0, 0.05) is 37.3 Å². The number of hydrogen-bond acceptors (Lipinski definition) is 7. The predicted octanol–water partition coefficient (Wildman–Crippen LogP) is 0.116. The molecule has 30 heavy (non-hydrogen) atoms. The summed E-state index contributed by atoms with van der Waals surface area (Å²) in [4.78, 5) is 56.2. The van der Waals surface area contributed by atoms with Crippen LogP contribution in [-0.2, 0) is 25.5 Å². The van der Waals surface area contributed by atoms with Crippen LogP contribution in [0.4, 0.5) is 0 Å². The number of nitrogens with one attached hydrogen (secondary N) is 1. The lowest BCUT2D eigenvalue weighted by Crippen LogP contribution is -2.46. The summed E-state index contributed by atoms with van der Waals surface area (Å²) in [7, 11) is 3.92. The zero-order valence-corrected chi connectivity index (χ0v) is 17.9. The maximum atomic E-state index is 12.7. The van der Waals surface area contributed by atoms with Gasteiger partial charge in [0.25, 0.3) is 12.0 Å². The van der Waals surface area contributed by atoms with E-state index in [1.807, 2.05) is 19.0 Å². The second-order valence-corrected chi connectivity index (χ2v) is 8.15. The zero-order chi connectivity index (χ0) is 22.5. The monoisotopic (exact) mass is 422 g/mol. The normalized spacial score (nSPS) is 20.0. The summed E-state index contributed by atoms with van der Waals surface area (Å²) >= 11 is 0. The highest BCUT2D eigenvalue weighted by molar-refractivity contribution is 5.81. The van der Waals surface area contributed by atoms with Gasteiger partial charge in [-0.05, 0) is 40.8 Å². The lowest BCUT2D eigenvalue weighted by Gasteiger charge is -2.36. The smallest absolute Gasteiger partial charge is 0.312 e. The number of ether oxygens (including phenoxy) is 1. The summed E-state index contributed by atoms with van der Waals surface area (Å²) in [6.07, 6.45) is 1.91. The van der Waals surface area contributed by atoms with Crippen LogP contribution in [0, 0.1) is 19.3 Å². The van der Waals surface area contributed by atoms with Gasteiger partial charge in [-0.2, -0.15) is 0 Å². The average Bonchev–Trinajstić information content (AvgIpc) is 2.93. The fraction of sp³-hybridized carbons (Fsp3) is 0.650. The molecular weight excluding hydrogens is 392 g/mol.